The van der Waals surface area contributed by atoms with E-state index in [1.807, 2.05) is 6.07 Å². The standard InChI is InChI=1S/C20H22N2O3S/c23-19(13-15-7-4-5-8-15)18-14-16-9-6-12-21-20(16)22(18)26(24,25)17-10-2-1-3-11-17/h1-3,6,9-12,14-15,19,23H,4-5,7-8,13H2/t19-/m0/s1. The first-order valence-electron chi connectivity index (χ1n) is 9.02. The second-order valence-corrected chi connectivity index (χ2v) is 8.76. The molecule has 0 saturated heterocycles. The van der Waals surface area contributed by atoms with Gasteiger partial charge in [0.2, 0.25) is 0 Å². The number of benzene rings is 1. The fourth-order valence-electron chi connectivity index (χ4n) is 3.90. The molecule has 2 aromatic heterocycles. The van der Waals surface area contributed by atoms with Crippen molar-refractivity contribution in [2.45, 2.75) is 43.1 Å². The van der Waals surface area contributed by atoms with Crippen LogP contribution in [-0.4, -0.2) is 22.5 Å². The highest BCUT2D eigenvalue weighted by Gasteiger charge is 2.29. The van der Waals surface area contributed by atoms with Crippen molar-refractivity contribution in [3.05, 3.63) is 60.4 Å². The van der Waals surface area contributed by atoms with Crippen LogP contribution in [0, 0.1) is 5.92 Å². The third-order valence-electron chi connectivity index (χ3n) is 5.20. The van der Waals surface area contributed by atoms with Gasteiger partial charge >= 0.3 is 0 Å². The summed E-state index contributed by atoms with van der Waals surface area (Å²) in [4.78, 5) is 4.47. The summed E-state index contributed by atoms with van der Waals surface area (Å²) in [7, 11) is -3.84. The van der Waals surface area contributed by atoms with Crippen LogP contribution < -0.4 is 0 Å². The lowest BCUT2D eigenvalue weighted by Crippen LogP contribution is -2.19. The number of aliphatic hydroxyl groups excluding tert-OH is 1. The van der Waals surface area contributed by atoms with Crippen molar-refractivity contribution < 1.29 is 13.5 Å². The van der Waals surface area contributed by atoms with Crippen LogP contribution in [0.15, 0.2) is 59.6 Å². The van der Waals surface area contributed by atoms with Gasteiger partial charge in [0.25, 0.3) is 10.0 Å². The molecule has 6 heteroatoms. The SMILES string of the molecule is O=S(=O)(c1ccccc1)n1c([C@@H](O)CC2CCCC2)cc2cccnc21. The minimum atomic E-state index is -3.84. The molecule has 0 radical (unpaired) electrons. The second-order valence-electron chi connectivity index (χ2n) is 6.97. The first kappa shape index (κ1) is 17.2. The molecule has 2 heterocycles. The van der Waals surface area contributed by atoms with E-state index in [0.29, 0.717) is 29.1 Å². The Bertz CT molecular complexity index is 1010. The first-order chi connectivity index (χ1) is 12.6. The van der Waals surface area contributed by atoms with E-state index in [4.69, 9.17) is 0 Å². The van der Waals surface area contributed by atoms with Crippen molar-refractivity contribution in [2.24, 2.45) is 5.92 Å². The van der Waals surface area contributed by atoms with Crippen molar-refractivity contribution in [3.8, 4) is 0 Å². The average molecular weight is 370 g/mol. The maximum absolute atomic E-state index is 13.3. The van der Waals surface area contributed by atoms with Crippen molar-refractivity contribution >= 4 is 21.1 Å². The van der Waals surface area contributed by atoms with Gasteiger partial charge in [0.1, 0.15) is 0 Å². The summed E-state index contributed by atoms with van der Waals surface area (Å²) in [5.74, 6) is 0.448. The third-order valence-corrected chi connectivity index (χ3v) is 6.93. The highest BCUT2D eigenvalue weighted by molar-refractivity contribution is 7.90. The summed E-state index contributed by atoms with van der Waals surface area (Å²) in [5.41, 5.74) is 0.756. The van der Waals surface area contributed by atoms with E-state index in [2.05, 4.69) is 4.98 Å². The molecule has 3 aromatic rings. The lowest BCUT2D eigenvalue weighted by atomic mass is 9.98. The van der Waals surface area contributed by atoms with Crippen LogP contribution in [0.5, 0.6) is 0 Å². The van der Waals surface area contributed by atoms with Gasteiger partial charge in [-0.25, -0.2) is 17.4 Å². The number of fused-ring (bicyclic) bond motifs is 1. The topological polar surface area (TPSA) is 72.2 Å². The smallest absolute Gasteiger partial charge is 0.269 e. The number of hydrogen-bond donors (Lipinski definition) is 1. The molecule has 1 fully saturated rings. The number of hydrogen-bond acceptors (Lipinski definition) is 4. The first-order valence-corrected chi connectivity index (χ1v) is 10.5. The number of nitrogens with zero attached hydrogens (tertiary/aromatic N) is 2. The molecule has 1 N–H and O–H groups in total. The van der Waals surface area contributed by atoms with Crippen LogP contribution >= 0.6 is 0 Å². The van der Waals surface area contributed by atoms with E-state index >= 15 is 0 Å². The lowest BCUT2D eigenvalue weighted by Gasteiger charge is -2.18. The van der Waals surface area contributed by atoms with Crippen molar-refractivity contribution in [2.75, 3.05) is 0 Å². The highest BCUT2D eigenvalue weighted by Crippen LogP contribution is 2.35. The zero-order valence-electron chi connectivity index (χ0n) is 14.5. The molecule has 0 aliphatic heterocycles. The molecule has 4 rings (SSSR count). The molecular weight excluding hydrogens is 348 g/mol. The Morgan fingerprint density at radius 2 is 1.85 bits per heavy atom. The molecule has 26 heavy (non-hydrogen) atoms. The average Bonchev–Trinajstić information content (AvgIpc) is 3.29. The zero-order chi connectivity index (χ0) is 18.1. The Labute approximate surface area is 153 Å². The predicted molar refractivity (Wildman–Crippen MR) is 100 cm³/mol. The van der Waals surface area contributed by atoms with Gasteiger partial charge < -0.3 is 5.11 Å². The highest BCUT2D eigenvalue weighted by atomic mass is 32.2. The minimum absolute atomic E-state index is 0.192. The van der Waals surface area contributed by atoms with Gasteiger partial charge in [-0.2, -0.15) is 0 Å². The van der Waals surface area contributed by atoms with E-state index < -0.39 is 16.1 Å². The summed E-state index contributed by atoms with van der Waals surface area (Å²) < 4.78 is 27.8. The number of aromatic nitrogens is 2. The number of pyridine rings is 1. The molecule has 0 amide bonds. The van der Waals surface area contributed by atoms with Gasteiger partial charge in [0, 0.05) is 11.6 Å². The second kappa shape index (κ2) is 6.85. The van der Waals surface area contributed by atoms with E-state index in [1.54, 1.807) is 48.7 Å². The summed E-state index contributed by atoms with van der Waals surface area (Å²) in [6.07, 6.45) is 5.90. The van der Waals surface area contributed by atoms with Crippen molar-refractivity contribution in [3.63, 3.8) is 0 Å². The predicted octanol–water partition coefficient (Wildman–Crippen LogP) is 3.89. The summed E-state index contributed by atoms with van der Waals surface area (Å²) in [6.45, 7) is 0. The molecule has 0 bridgehead atoms. The molecule has 0 spiro atoms. The fourth-order valence-corrected chi connectivity index (χ4v) is 5.44. The minimum Gasteiger partial charge on any atom is -0.387 e. The maximum Gasteiger partial charge on any atom is 0.269 e. The van der Waals surface area contributed by atoms with Crippen LogP contribution in [0.1, 0.15) is 43.9 Å². The quantitative estimate of drug-likeness (QED) is 0.740. The van der Waals surface area contributed by atoms with Crippen LogP contribution in [0.3, 0.4) is 0 Å². The number of rotatable bonds is 5. The van der Waals surface area contributed by atoms with Gasteiger partial charge in [0.15, 0.2) is 5.65 Å². The van der Waals surface area contributed by atoms with Crippen LogP contribution in [0.25, 0.3) is 11.0 Å². The van der Waals surface area contributed by atoms with E-state index in [-0.39, 0.29) is 4.90 Å². The Balaban J connectivity index is 1.84. The van der Waals surface area contributed by atoms with E-state index in [0.717, 1.165) is 12.8 Å². The van der Waals surface area contributed by atoms with Gasteiger partial charge in [0.05, 0.1) is 16.7 Å². The molecule has 1 atom stereocenters. The fraction of sp³-hybridized carbons (Fsp3) is 0.350. The normalized spacial score (nSPS) is 17.0. The summed E-state index contributed by atoms with van der Waals surface area (Å²) >= 11 is 0. The molecule has 1 aliphatic rings. The van der Waals surface area contributed by atoms with Gasteiger partial charge in [-0.05, 0) is 42.7 Å². The molecule has 0 unspecified atom stereocenters. The van der Waals surface area contributed by atoms with Crippen LogP contribution in [0.4, 0.5) is 0 Å². The summed E-state index contributed by atoms with van der Waals surface area (Å²) in [6, 6.07) is 13.7. The molecule has 1 aromatic carbocycles. The molecular formula is C20H22N2O3S. The van der Waals surface area contributed by atoms with Crippen LogP contribution in [-0.2, 0) is 10.0 Å². The van der Waals surface area contributed by atoms with E-state index in [9.17, 15) is 13.5 Å². The Kier molecular flexibility index (Phi) is 4.54. The lowest BCUT2D eigenvalue weighted by molar-refractivity contribution is 0.140. The Morgan fingerprint density at radius 3 is 2.58 bits per heavy atom. The zero-order valence-corrected chi connectivity index (χ0v) is 15.3. The van der Waals surface area contributed by atoms with E-state index in [1.165, 1.54) is 16.8 Å². The largest absolute Gasteiger partial charge is 0.387 e. The third kappa shape index (κ3) is 3.04. The monoisotopic (exact) mass is 370 g/mol. The maximum atomic E-state index is 13.3. The van der Waals surface area contributed by atoms with Gasteiger partial charge in [-0.3, -0.25) is 0 Å². The summed E-state index contributed by atoms with van der Waals surface area (Å²) in [5, 5.41) is 11.6. The Morgan fingerprint density at radius 1 is 1.12 bits per heavy atom. The molecule has 5 nitrogen and oxygen atoms in total. The Hall–Kier alpha value is -2.18. The van der Waals surface area contributed by atoms with Crippen LogP contribution in [0.2, 0.25) is 0 Å². The number of aliphatic hydroxyl groups is 1. The van der Waals surface area contributed by atoms with Crippen molar-refractivity contribution in [1.29, 1.82) is 0 Å². The van der Waals surface area contributed by atoms with Gasteiger partial charge in [-0.15, -0.1) is 0 Å². The molecule has 1 saturated carbocycles. The molecule has 136 valence electrons. The molecule has 1 aliphatic carbocycles. The van der Waals surface area contributed by atoms with Crippen molar-refractivity contribution in [1.82, 2.24) is 8.96 Å². The van der Waals surface area contributed by atoms with Gasteiger partial charge in [-0.1, -0.05) is 43.9 Å².